The third-order valence-electron chi connectivity index (χ3n) is 3.00. The van der Waals surface area contributed by atoms with Gasteiger partial charge in [-0.25, -0.2) is 0 Å². The van der Waals surface area contributed by atoms with Gasteiger partial charge in [0.1, 0.15) is 6.23 Å². The van der Waals surface area contributed by atoms with Gasteiger partial charge in [-0.05, 0) is 45.0 Å². The first-order valence-electron chi connectivity index (χ1n) is 5.63. The number of carbonyl (C=O) groups is 1. The zero-order chi connectivity index (χ0) is 12.6. The Morgan fingerprint density at radius 2 is 2.00 bits per heavy atom. The molecule has 17 heavy (non-hydrogen) atoms. The fraction of sp³-hybridized carbons (Fsp3) is 0.462. The van der Waals surface area contributed by atoms with Gasteiger partial charge in [-0.2, -0.15) is 0 Å². The molecule has 1 atom stereocenters. The van der Waals surface area contributed by atoms with E-state index in [9.17, 15) is 4.79 Å². The van der Waals surface area contributed by atoms with Gasteiger partial charge in [0.2, 0.25) is 0 Å². The zero-order valence-electron chi connectivity index (χ0n) is 10.2. The Morgan fingerprint density at radius 1 is 1.41 bits per heavy atom. The number of carbonyl (C=O) groups excluding carboxylic acids is 1. The van der Waals surface area contributed by atoms with Crippen molar-refractivity contribution in [3.8, 4) is 0 Å². The number of amides is 1. The molecule has 92 valence electrons. The fourth-order valence-corrected chi connectivity index (χ4v) is 2.26. The first-order chi connectivity index (χ1) is 7.92. The molecule has 1 aliphatic heterocycles. The van der Waals surface area contributed by atoms with Crippen LogP contribution in [0, 0.1) is 0 Å². The SMILES string of the molecule is CC1OCC(C)(C)N1C(=O)c1ccc(Cl)cc1. The highest BCUT2D eigenvalue weighted by Crippen LogP contribution is 2.28. The molecule has 1 heterocycles. The highest BCUT2D eigenvalue weighted by atomic mass is 35.5. The molecular weight excluding hydrogens is 238 g/mol. The quantitative estimate of drug-likeness (QED) is 0.770. The molecule has 4 heteroatoms. The predicted molar refractivity (Wildman–Crippen MR) is 67.1 cm³/mol. The van der Waals surface area contributed by atoms with Crippen LogP contribution in [-0.2, 0) is 4.74 Å². The van der Waals surface area contributed by atoms with E-state index in [0.717, 1.165) is 0 Å². The molecule has 0 N–H and O–H groups in total. The molecule has 1 aromatic carbocycles. The van der Waals surface area contributed by atoms with Crippen molar-refractivity contribution < 1.29 is 9.53 Å². The monoisotopic (exact) mass is 253 g/mol. The predicted octanol–water partition coefficient (Wildman–Crippen LogP) is 2.94. The standard InChI is InChI=1S/C13H16ClNO2/c1-9-15(13(2,3)8-17-9)12(16)10-4-6-11(14)7-5-10/h4-7,9H,8H2,1-3H3. The van der Waals surface area contributed by atoms with E-state index in [1.807, 2.05) is 20.8 Å². The van der Waals surface area contributed by atoms with Crippen molar-refractivity contribution in [2.75, 3.05) is 6.61 Å². The van der Waals surface area contributed by atoms with Gasteiger partial charge in [0.15, 0.2) is 0 Å². The molecule has 0 aliphatic carbocycles. The Bertz CT molecular complexity index is 428. The van der Waals surface area contributed by atoms with E-state index in [4.69, 9.17) is 16.3 Å². The molecule has 1 unspecified atom stereocenters. The highest BCUT2D eigenvalue weighted by molar-refractivity contribution is 6.30. The Hall–Kier alpha value is -1.06. The van der Waals surface area contributed by atoms with Crippen LogP contribution >= 0.6 is 11.6 Å². The lowest BCUT2D eigenvalue weighted by Gasteiger charge is -2.32. The minimum absolute atomic E-state index is 0.0170. The summed E-state index contributed by atoms with van der Waals surface area (Å²) >= 11 is 5.81. The lowest BCUT2D eigenvalue weighted by atomic mass is 10.0. The topological polar surface area (TPSA) is 29.5 Å². The normalized spacial score (nSPS) is 22.8. The molecular formula is C13H16ClNO2. The molecule has 1 saturated heterocycles. The van der Waals surface area contributed by atoms with Crippen LogP contribution in [0.25, 0.3) is 0 Å². The first kappa shape index (κ1) is 12.4. The van der Waals surface area contributed by atoms with E-state index >= 15 is 0 Å². The summed E-state index contributed by atoms with van der Waals surface area (Å²) in [5.74, 6) is -0.0170. The van der Waals surface area contributed by atoms with Crippen molar-refractivity contribution in [2.24, 2.45) is 0 Å². The lowest BCUT2D eigenvalue weighted by Crippen LogP contribution is -2.47. The molecule has 1 aliphatic rings. The van der Waals surface area contributed by atoms with Gasteiger partial charge in [-0.3, -0.25) is 4.79 Å². The molecule has 1 amide bonds. The molecule has 2 rings (SSSR count). The number of halogens is 1. The fourth-order valence-electron chi connectivity index (χ4n) is 2.13. The van der Waals surface area contributed by atoms with Crippen molar-refractivity contribution in [1.82, 2.24) is 4.90 Å². The van der Waals surface area contributed by atoms with Crippen LogP contribution in [0.3, 0.4) is 0 Å². The summed E-state index contributed by atoms with van der Waals surface area (Å²) in [5, 5.41) is 0.631. The number of hydrogen-bond acceptors (Lipinski definition) is 2. The summed E-state index contributed by atoms with van der Waals surface area (Å²) < 4.78 is 5.53. The average Bonchev–Trinajstić information content (AvgIpc) is 2.53. The third-order valence-corrected chi connectivity index (χ3v) is 3.26. The van der Waals surface area contributed by atoms with E-state index < -0.39 is 0 Å². The summed E-state index contributed by atoms with van der Waals surface area (Å²) in [6.45, 7) is 6.46. The van der Waals surface area contributed by atoms with Gasteiger partial charge in [0.05, 0.1) is 12.1 Å². The van der Waals surface area contributed by atoms with Crippen LogP contribution in [0.4, 0.5) is 0 Å². The summed E-state index contributed by atoms with van der Waals surface area (Å²) in [6, 6.07) is 6.93. The van der Waals surface area contributed by atoms with Crippen molar-refractivity contribution in [3.63, 3.8) is 0 Å². The third kappa shape index (κ3) is 2.31. The molecule has 0 bridgehead atoms. The first-order valence-corrected chi connectivity index (χ1v) is 6.00. The van der Waals surface area contributed by atoms with E-state index in [0.29, 0.717) is 17.2 Å². The molecule has 0 saturated carbocycles. The molecule has 0 aromatic heterocycles. The Labute approximate surface area is 106 Å². The lowest BCUT2D eigenvalue weighted by molar-refractivity contribution is 0.0307. The average molecular weight is 254 g/mol. The second-order valence-corrected chi connectivity index (χ2v) is 5.34. The van der Waals surface area contributed by atoms with Gasteiger partial charge in [0, 0.05) is 10.6 Å². The summed E-state index contributed by atoms with van der Waals surface area (Å²) in [5.41, 5.74) is 0.371. The largest absolute Gasteiger partial charge is 0.356 e. The summed E-state index contributed by atoms with van der Waals surface area (Å²) in [4.78, 5) is 14.2. The highest BCUT2D eigenvalue weighted by Gasteiger charge is 2.41. The number of nitrogens with zero attached hydrogens (tertiary/aromatic N) is 1. The number of benzene rings is 1. The van der Waals surface area contributed by atoms with E-state index in [2.05, 4.69) is 0 Å². The zero-order valence-corrected chi connectivity index (χ0v) is 11.0. The van der Waals surface area contributed by atoms with Gasteiger partial charge in [-0.1, -0.05) is 11.6 Å². The minimum Gasteiger partial charge on any atom is -0.356 e. The Morgan fingerprint density at radius 3 is 2.47 bits per heavy atom. The second kappa shape index (κ2) is 4.31. The van der Waals surface area contributed by atoms with Crippen molar-refractivity contribution in [2.45, 2.75) is 32.5 Å². The van der Waals surface area contributed by atoms with E-state index in [1.54, 1.807) is 29.2 Å². The maximum absolute atomic E-state index is 12.4. The second-order valence-electron chi connectivity index (χ2n) is 4.90. The molecule has 0 radical (unpaired) electrons. The van der Waals surface area contributed by atoms with Crippen LogP contribution in [0.5, 0.6) is 0 Å². The van der Waals surface area contributed by atoms with Crippen LogP contribution < -0.4 is 0 Å². The maximum Gasteiger partial charge on any atom is 0.256 e. The van der Waals surface area contributed by atoms with Gasteiger partial charge in [-0.15, -0.1) is 0 Å². The van der Waals surface area contributed by atoms with Crippen molar-refractivity contribution in [1.29, 1.82) is 0 Å². The molecule has 0 spiro atoms. The van der Waals surface area contributed by atoms with Crippen molar-refractivity contribution >= 4 is 17.5 Å². The van der Waals surface area contributed by atoms with Gasteiger partial charge >= 0.3 is 0 Å². The number of ether oxygens (including phenoxy) is 1. The molecule has 1 aromatic rings. The summed E-state index contributed by atoms with van der Waals surface area (Å²) in [6.07, 6.45) is -0.187. The summed E-state index contributed by atoms with van der Waals surface area (Å²) in [7, 11) is 0. The van der Waals surface area contributed by atoms with Crippen molar-refractivity contribution in [3.05, 3.63) is 34.9 Å². The van der Waals surface area contributed by atoms with E-state index in [1.165, 1.54) is 0 Å². The maximum atomic E-state index is 12.4. The smallest absolute Gasteiger partial charge is 0.256 e. The van der Waals surface area contributed by atoms with Gasteiger partial charge in [0.25, 0.3) is 5.91 Å². The van der Waals surface area contributed by atoms with Gasteiger partial charge < -0.3 is 9.64 Å². The molecule has 3 nitrogen and oxygen atoms in total. The van der Waals surface area contributed by atoms with E-state index in [-0.39, 0.29) is 17.7 Å². The van der Waals surface area contributed by atoms with Crippen LogP contribution in [0.1, 0.15) is 31.1 Å². The number of hydrogen-bond donors (Lipinski definition) is 0. The minimum atomic E-state index is -0.268. The molecule has 1 fully saturated rings. The van der Waals surface area contributed by atoms with Crippen LogP contribution in [-0.4, -0.2) is 29.2 Å². The Kier molecular flexibility index (Phi) is 3.15. The van der Waals surface area contributed by atoms with Crippen LogP contribution in [0.15, 0.2) is 24.3 Å². The van der Waals surface area contributed by atoms with Crippen LogP contribution in [0.2, 0.25) is 5.02 Å². The number of rotatable bonds is 1. The Balaban J connectivity index is 2.28.